The second-order valence-electron chi connectivity index (χ2n) is 4.38. The quantitative estimate of drug-likeness (QED) is 0.838. The summed E-state index contributed by atoms with van der Waals surface area (Å²) in [6, 6.07) is 5.55. The van der Waals surface area contributed by atoms with E-state index in [1.54, 1.807) is 6.07 Å². The van der Waals surface area contributed by atoms with Gasteiger partial charge in [0.1, 0.15) is 0 Å². The van der Waals surface area contributed by atoms with Gasteiger partial charge in [-0.2, -0.15) is 0 Å². The van der Waals surface area contributed by atoms with Crippen LogP contribution in [-0.2, 0) is 4.74 Å². The van der Waals surface area contributed by atoms with Gasteiger partial charge >= 0.3 is 0 Å². The fourth-order valence-corrected chi connectivity index (χ4v) is 2.41. The molecular weight excluding hydrogens is 276 g/mol. The molecule has 0 amide bonds. The molecule has 18 heavy (non-hydrogen) atoms. The van der Waals surface area contributed by atoms with E-state index in [1.807, 2.05) is 12.1 Å². The molecular formula is C13H16Cl2FNO. The molecule has 1 saturated heterocycles. The van der Waals surface area contributed by atoms with Crippen LogP contribution in [0.3, 0.4) is 0 Å². The van der Waals surface area contributed by atoms with Crippen LogP contribution in [0.5, 0.6) is 0 Å². The van der Waals surface area contributed by atoms with Gasteiger partial charge in [0, 0.05) is 19.6 Å². The molecule has 1 aromatic rings. The van der Waals surface area contributed by atoms with Crippen molar-refractivity contribution in [2.45, 2.75) is 12.5 Å². The van der Waals surface area contributed by atoms with Gasteiger partial charge in [-0.1, -0.05) is 29.3 Å². The van der Waals surface area contributed by atoms with Crippen molar-refractivity contribution in [3.8, 4) is 0 Å². The van der Waals surface area contributed by atoms with Gasteiger partial charge in [-0.3, -0.25) is 9.29 Å². The van der Waals surface area contributed by atoms with E-state index in [0.29, 0.717) is 23.1 Å². The average Bonchev–Trinajstić information content (AvgIpc) is 2.40. The summed E-state index contributed by atoms with van der Waals surface area (Å²) < 4.78 is 17.9. The summed E-state index contributed by atoms with van der Waals surface area (Å²) in [6.45, 7) is 2.81. The molecule has 1 fully saturated rings. The molecule has 100 valence electrons. The number of hydrogen-bond donors (Lipinski definition) is 0. The van der Waals surface area contributed by atoms with Crippen LogP contribution in [0, 0.1) is 0 Å². The Morgan fingerprint density at radius 3 is 2.89 bits per heavy atom. The molecule has 0 aliphatic carbocycles. The van der Waals surface area contributed by atoms with Crippen molar-refractivity contribution in [2.75, 3.05) is 32.9 Å². The maximum Gasteiger partial charge on any atom is 0.0952 e. The highest BCUT2D eigenvalue weighted by Crippen LogP contribution is 2.28. The Bertz CT molecular complexity index is 403. The summed E-state index contributed by atoms with van der Waals surface area (Å²) in [7, 11) is 0. The van der Waals surface area contributed by atoms with Crippen LogP contribution < -0.4 is 0 Å². The van der Waals surface area contributed by atoms with Crippen LogP contribution in [0.4, 0.5) is 4.39 Å². The monoisotopic (exact) mass is 291 g/mol. The Balaban J connectivity index is 2.01. The minimum atomic E-state index is -0.269. The first-order chi connectivity index (χ1) is 8.70. The number of rotatable bonds is 4. The molecule has 5 heteroatoms. The van der Waals surface area contributed by atoms with Crippen molar-refractivity contribution in [2.24, 2.45) is 0 Å². The van der Waals surface area contributed by atoms with Crippen molar-refractivity contribution < 1.29 is 9.13 Å². The van der Waals surface area contributed by atoms with Crippen LogP contribution in [-0.4, -0.2) is 37.8 Å². The normalized spacial score (nSPS) is 21.2. The number of alkyl halides is 1. The third-order valence-corrected chi connectivity index (χ3v) is 3.81. The maximum absolute atomic E-state index is 12.2. The van der Waals surface area contributed by atoms with Gasteiger partial charge in [-0.05, 0) is 24.1 Å². The Morgan fingerprint density at radius 1 is 1.33 bits per heavy atom. The second kappa shape index (κ2) is 6.71. The van der Waals surface area contributed by atoms with Crippen LogP contribution in [0.15, 0.2) is 18.2 Å². The first-order valence-corrected chi connectivity index (χ1v) is 6.81. The summed E-state index contributed by atoms with van der Waals surface area (Å²) in [5.74, 6) is 0. The average molecular weight is 292 g/mol. The van der Waals surface area contributed by atoms with E-state index in [0.717, 1.165) is 25.2 Å². The second-order valence-corrected chi connectivity index (χ2v) is 5.19. The third-order valence-electron chi connectivity index (χ3n) is 3.07. The van der Waals surface area contributed by atoms with Crippen LogP contribution in [0.2, 0.25) is 10.0 Å². The summed E-state index contributed by atoms with van der Waals surface area (Å²) in [5.41, 5.74) is 1.02. The lowest BCUT2D eigenvalue weighted by molar-refractivity contribution is -0.0306. The zero-order chi connectivity index (χ0) is 13.0. The van der Waals surface area contributed by atoms with Gasteiger partial charge in [0.25, 0.3) is 0 Å². The molecule has 1 aliphatic rings. The molecule has 0 unspecified atom stereocenters. The summed E-state index contributed by atoms with van der Waals surface area (Å²) in [5, 5.41) is 1.09. The minimum absolute atomic E-state index is 0.00636. The van der Waals surface area contributed by atoms with Gasteiger partial charge < -0.3 is 4.74 Å². The van der Waals surface area contributed by atoms with Crippen molar-refractivity contribution in [3.05, 3.63) is 33.8 Å². The third kappa shape index (κ3) is 3.58. The number of hydrogen-bond acceptors (Lipinski definition) is 2. The molecule has 0 N–H and O–H groups in total. The lowest BCUT2D eigenvalue weighted by Crippen LogP contribution is -2.39. The van der Waals surface area contributed by atoms with E-state index in [4.69, 9.17) is 27.9 Å². The van der Waals surface area contributed by atoms with Crippen molar-refractivity contribution in [3.63, 3.8) is 0 Å². The van der Waals surface area contributed by atoms with Crippen molar-refractivity contribution in [1.82, 2.24) is 4.90 Å². The first-order valence-electron chi connectivity index (χ1n) is 6.05. The van der Waals surface area contributed by atoms with Crippen LogP contribution >= 0.6 is 23.2 Å². The Kier molecular flexibility index (Phi) is 5.25. The standard InChI is InChI=1S/C13H16Cl2FNO/c14-11-3-2-10(8-12(11)15)13-9-17(5-1-4-16)6-7-18-13/h2-3,8,13H,1,4-7,9H2/t13-/m0/s1. The lowest BCUT2D eigenvalue weighted by atomic mass is 10.1. The SMILES string of the molecule is FCCCN1CCO[C@H](c2ccc(Cl)c(Cl)c2)C1. The number of ether oxygens (including phenoxy) is 1. The predicted octanol–water partition coefficient (Wildman–Crippen LogP) is 3.73. The van der Waals surface area contributed by atoms with E-state index in [2.05, 4.69) is 4.90 Å². The summed E-state index contributed by atoms with van der Waals surface area (Å²) in [6.07, 6.45) is 0.571. The van der Waals surface area contributed by atoms with Crippen LogP contribution in [0.25, 0.3) is 0 Å². The molecule has 0 bridgehead atoms. The predicted molar refractivity (Wildman–Crippen MR) is 72.2 cm³/mol. The van der Waals surface area contributed by atoms with Gasteiger partial charge in [-0.15, -0.1) is 0 Å². The first kappa shape index (κ1) is 14.1. The number of nitrogens with zero attached hydrogens (tertiary/aromatic N) is 1. The molecule has 1 heterocycles. The van der Waals surface area contributed by atoms with Gasteiger partial charge in [0.2, 0.25) is 0 Å². The lowest BCUT2D eigenvalue weighted by Gasteiger charge is -2.33. The van der Waals surface area contributed by atoms with Gasteiger partial charge in [0.15, 0.2) is 0 Å². The fourth-order valence-electron chi connectivity index (χ4n) is 2.10. The van der Waals surface area contributed by atoms with Crippen molar-refractivity contribution in [1.29, 1.82) is 0 Å². The van der Waals surface area contributed by atoms with E-state index < -0.39 is 0 Å². The van der Waals surface area contributed by atoms with Gasteiger partial charge in [-0.25, -0.2) is 0 Å². The highest BCUT2D eigenvalue weighted by Gasteiger charge is 2.22. The highest BCUT2D eigenvalue weighted by molar-refractivity contribution is 6.42. The molecule has 1 atom stereocenters. The van der Waals surface area contributed by atoms with E-state index in [1.165, 1.54) is 0 Å². The molecule has 2 nitrogen and oxygen atoms in total. The Labute approximate surface area is 117 Å². The smallest absolute Gasteiger partial charge is 0.0952 e. The topological polar surface area (TPSA) is 12.5 Å². The molecule has 0 saturated carbocycles. The fraction of sp³-hybridized carbons (Fsp3) is 0.538. The Hall–Kier alpha value is -0.350. The van der Waals surface area contributed by atoms with E-state index in [9.17, 15) is 4.39 Å². The molecule has 1 aromatic carbocycles. The maximum atomic E-state index is 12.2. The molecule has 0 aromatic heterocycles. The molecule has 0 spiro atoms. The summed E-state index contributed by atoms with van der Waals surface area (Å²) in [4.78, 5) is 2.22. The van der Waals surface area contributed by atoms with Crippen LogP contribution in [0.1, 0.15) is 18.1 Å². The van der Waals surface area contributed by atoms with E-state index in [-0.39, 0.29) is 12.8 Å². The van der Waals surface area contributed by atoms with Crippen molar-refractivity contribution >= 4 is 23.2 Å². The number of halogens is 3. The zero-order valence-corrected chi connectivity index (χ0v) is 11.6. The molecule has 0 radical (unpaired) electrons. The Morgan fingerprint density at radius 2 is 2.17 bits per heavy atom. The zero-order valence-electron chi connectivity index (χ0n) is 10.0. The van der Waals surface area contributed by atoms with Gasteiger partial charge in [0.05, 0.1) is 29.4 Å². The number of morpholine rings is 1. The van der Waals surface area contributed by atoms with E-state index >= 15 is 0 Å². The molecule has 2 rings (SSSR count). The minimum Gasteiger partial charge on any atom is -0.371 e. The summed E-state index contributed by atoms with van der Waals surface area (Å²) >= 11 is 11.9. The number of benzene rings is 1. The highest BCUT2D eigenvalue weighted by atomic mass is 35.5. The molecule has 1 aliphatic heterocycles. The largest absolute Gasteiger partial charge is 0.371 e.